The molecule has 1 aromatic rings. The summed E-state index contributed by atoms with van der Waals surface area (Å²) < 4.78 is 0. The van der Waals surface area contributed by atoms with E-state index in [1.165, 1.54) is 0 Å². The van der Waals surface area contributed by atoms with Crippen LogP contribution in [0.3, 0.4) is 0 Å². The van der Waals surface area contributed by atoms with Crippen LogP contribution in [0.1, 0.15) is 38.8 Å². The van der Waals surface area contributed by atoms with Gasteiger partial charge in [0.05, 0.1) is 0 Å². The van der Waals surface area contributed by atoms with Crippen molar-refractivity contribution in [2.45, 2.75) is 33.2 Å². The highest BCUT2D eigenvalue weighted by molar-refractivity contribution is 5.41. The summed E-state index contributed by atoms with van der Waals surface area (Å²) in [5.74, 6) is 1.04. The number of aromatic nitrogens is 1. The Morgan fingerprint density at radius 3 is 2.73 bits per heavy atom. The van der Waals surface area contributed by atoms with E-state index in [4.69, 9.17) is 5.73 Å². The molecular weight excluding hydrogens is 186 g/mol. The maximum Gasteiger partial charge on any atom is 0.128 e. The van der Waals surface area contributed by atoms with E-state index >= 15 is 0 Å². The molecule has 84 valence electrons. The Hall–Kier alpha value is -1.09. The van der Waals surface area contributed by atoms with E-state index in [2.05, 4.69) is 29.8 Å². The van der Waals surface area contributed by atoms with Crippen LogP contribution in [0.25, 0.3) is 0 Å². The molecule has 3 heteroatoms. The van der Waals surface area contributed by atoms with Crippen molar-refractivity contribution >= 4 is 5.82 Å². The lowest BCUT2D eigenvalue weighted by molar-refractivity contribution is 0.769. The first-order chi connectivity index (χ1) is 7.19. The molecule has 1 atom stereocenters. The number of hydrogen-bond acceptors (Lipinski definition) is 3. The van der Waals surface area contributed by atoms with Crippen molar-refractivity contribution in [2.75, 3.05) is 18.0 Å². The maximum atomic E-state index is 5.85. The Bertz CT molecular complexity index is 297. The van der Waals surface area contributed by atoms with E-state index in [-0.39, 0.29) is 6.04 Å². The molecule has 0 aromatic carbocycles. The summed E-state index contributed by atoms with van der Waals surface area (Å²) >= 11 is 0. The van der Waals surface area contributed by atoms with Gasteiger partial charge in [-0.3, -0.25) is 0 Å². The largest absolute Gasteiger partial charge is 0.357 e. The number of anilines is 1. The summed E-state index contributed by atoms with van der Waals surface area (Å²) in [5, 5.41) is 0. The molecule has 0 aliphatic heterocycles. The fourth-order valence-corrected chi connectivity index (χ4v) is 1.59. The molecule has 2 N–H and O–H groups in total. The van der Waals surface area contributed by atoms with Crippen LogP contribution in [0, 0.1) is 0 Å². The molecule has 3 nitrogen and oxygen atoms in total. The quantitative estimate of drug-likeness (QED) is 0.805. The van der Waals surface area contributed by atoms with Crippen molar-refractivity contribution in [3.05, 3.63) is 23.9 Å². The zero-order chi connectivity index (χ0) is 11.3. The molecule has 0 amide bonds. The molecule has 0 unspecified atom stereocenters. The molecule has 1 rings (SSSR count). The second-order valence-corrected chi connectivity index (χ2v) is 3.82. The van der Waals surface area contributed by atoms with Crippen molar-refractivity contribution in [1.82, 2.24) is 4.98 Å². The first-order valence-corrected chi connectivity index (χ1v) is 5.65. The molecule has 0 saturated carbocycles. The maximum absolute atomic E-state index is 5.85. The van der Waals surface area contributed by atoms with Crippen molar-refractivity contribution in [3.63, 3.8) is 0 Å². The SMILES string of the molecule is CCCN(CC)c1cc([C@@H](C)N)ccn1. The highest BCUT2D eigenvalue weighted by Gasteiger charge is 2.06. The predicted molar refractivity (Wildman–Crippen MR) is 65.0 cm³/mol. The fraction of sp³-hybridized carbons (Fsp3) is 0.583. The second kappa shape index (κ2) is 5.71. The number of hydrogen-bond donors (Lipinski definition) is 1. The molecule has 0 fully saturated rings. The zero-order valence-corrected chi connectivity index (χ0v) is 9.90. The summed E-state index contributed by atoms with van der Waals surface area (Å²) in [5.41, 5.74) is 7.00. The lowest BCUT2D eigenvalue weighted by Gasteiger charge is -2.22. The van der Waals surface area contributed by atoms with Gasteiger partial charge in [-0.25, -0.2) is 4.98 Å². The van der Waals surface area contributed by atoms with Gasteiger partial charge in [-0.05, 0) is 38.0 Å². The summed E-state index contributed by atoms with van der Waals surface area (Å²) in [6, 6.07) is 4.14. The average molecular weight is 207 g/mol. The fourth-order valence-electron chi connectivity index (χ4n) is 1.59. The normalized spacial score (nSPS) is 12.5. The van der Waals surface area contributed by atoms with Crippen LogP contribution in [0.15, 0.2) is 18.3 Å². The highest BCUT2D eigenvalue weighted by atomic mass is 15.2. The van der Waals surface area contributed by atoms with Crippen LogP contribution in [-0.2, 0) is 0 Å². The van der Waals surface area contributed by atoms with Crippen LogP contribution in [-0.4, -0.2) is 18.1 Å². The Morgan fingerprint density at radius 2 is 2.20 bits per heavy atom. The van der Waals surface area contributed by atoms with Gasteiger partial charge < -0.3 is 10.6 Å². The van der Waals surface area contributed by atoms with Crippen molar-refractivity contribution in [2.24, 2.45) is 5.73 Å². The van der Waals surface area contributed by atoms with Gasteiger partial charge >= 0.3 is 0 Å². The van der Waals surface area contributed by atoms with Gasteiger partial charge in [-0.2, -0.15) is 0 Å². The Labute approximate surface area is 92.3 Å². The van der Waals surface area contributed by atoms with Gasteiger partial charge in [0.25, 0.3) is 0 Å². The zero-order valence-electron chi connectivity index (χ0n) is 9.90. The van der Waals surface area contributed by atoms with Gasteiger partial charge in [0.15, 0.2) is 0 Å². The van der Waals surface area contributed by atoms with E-state index in [1.54, 1.807) is 0 Å². The molecule has 0 saturated heterocycles. The first kappa shape index (κ1) is 12.0. The van der Waals surface area contributed by atoms with E-state index < -0.39 is 0 Å². The van der Waals surface area contributed by atoms with Crippen LogP contribution >= 0.6 is 0 Å². The number of nitrogens with zero attached hydrogens (tertiary/aromatic N) is 2. The lowest BCUT2D eigenvalue weighted by Crippen LogP contribution is -2.24. The number of rotatable bonds is 5. The average Bonchev–Trinajstić information content (AvgIpc) is 2.26. The molecule has 0 bridgehead atoms. The van der Waals surface area contributed by atoms with Crippen LogP contribution in [0.2, 0.25) is 0 Å². The molecule has 0 spiro atoms. The molecule has 1 aromatic heterocycles. The first-order valence-electron chi connectivity index (χ1n) is 5.65. The van der Waals surface area contributed by atoms with Crippen molar-refractivity contribution in [1.29, 1.82) is 0 Å². The Morgan fingerprint density at radius 1 is 1.47 bits per heavy atom. The predicted octanol–water partition coefficient (Wildman–Crippen LogP) is 2.34. The van der Waals surface area contributed by atoms with Crippen molar-refractivity contribution < 1.29 is 0 Å². The third-order valence-corrected chi connectivity index (χ3v) is 2.49. The van der Waals surface area contributed by atoms with Gasteiger partial charge in [0.1, 0.15) is 5.82 Å². The summed E-state index contributed by atoms with van der Waals surface area (Å²) in [6.45, 7) is 8.36. The van der Waals surface area contributed by atoms with Crippen molar-refractivity contribution in [3.8, 4) is 0 Å². The minimum atomic E-state index is 0.0760. The summed E-state index contributed by atoms with van der Waals surface area (Å²) in [7, 11) is 0. The van der Waals surface area contributed by atoms with Crippen LogP contribution in [0.5, 0.6) is 0 Å². The van der Waals surface area contributed by atoms with Gasteiger partial charge in [0, 0.05) is 25.3 Å². The van der Waals surface area contributed by atoms with Crippen LogP contribution in [0.4, 0.5) is 5.82 Å². The Kier molecular flexibility index (Phi) is 4.56. The van der Waals surface area contributed by atoms with Gasteiger partial charge in [0.2, 0.25) is 0 Å². The summed E-state index contributed by atoms with van der Waals surface area (Å²) in [6.07, 6.45) is 2.98. The van der Waals surface area contributed by atoms with E-state index in [0.717, 1.165) is 30.9 Å². The van der Waals surface area contributed by atoms with E-state index in [9.17, 15) is 0 Å². The molecule has 1 heterocycles. The monoisotopic (exact) mass is 207 g/mol. The molecular formula is C12H21N3. The number of pyridine rings is 1. The standard InChI is InChI=1S/C12H21N3/c1-4-8-15(5-2)12-9-11(10(3)13)6-7-14-12/h6-7,9-10H,4-5,8,13H2,1-3H3/t10-/m1/s1. The minimum Gasteiger partial charge on any atom is -0.357 e. The smallest absolute Gasteiger partial charge is 0.128 e. The van der Waals surface area contributed by atoms with Crippen LogP contribution < -0.4 is 10.6 Å². The lowest BCUT2D eigenvalue weighted by atomic mass is 10.1. The van der Waals surface area contributed by atoms with Gasteiger partial charge in [-0.1, -0.05) is 6.92 Å². The van der Waals surface area contributed by atoms with E-state index in [0.29, 0.717) is 0 Å². The third-order valence-electron chi connectivity index (χ3n) is 2.49. The second-order valence-electron chi connectivity index (χ2n) is 3.82. The number of nitrogens with two attached hydrogens (primary N) is 1. The van der Waals surface area contributed by atoms with E-state index in [1.807, 2.05) is 19.2 Å². The molecule has 0 aliphatic rings. The third kappa shape index (κ3) is 3.20. The Balaban J connectivity index is 2.87. The topological polar surface area (TPSA) is 42.1 Å². The molecule has 0 radical (unpaired) electrons. The highest BCUT2D eigenvalue weighted by Crippen LogP contribution is 2.16. The van der Waals surface area contributed by atoms with Gasteiger partial charge in [-0.15, -0.1) is 0 Å². The minimum absolute atomic E-state index is 0.0760. The summed E-state index contributed by atoms with van der Waals surface area (Å²) in [4.78, 5) is 6.65. The molecule has 15 heavy (non-hydrogen) atoms. The molecule has 0 aliphatic carbocycles.